The van der Waals surface area contributed by atoms with Gasteiger partial charge < -0.3 is 10.2 Å². The molecule has 0 radical (unpaired) electrons. The number of hydrogen-bond donors (Lipinski definition) is 2. The molecule has 2 heterocycles. The predicted molar refractivity (Wildman–Crippen MR) is 88.4 cm³/mol. The van der Waals surface area contributed by atoms with E-state index in [1.54, 1.807) is 0 Å². The molecule has 1 aromatic heterocycles. The van der Waals surface area contributed by atoms with Gasteiger partial charge in [-0.15, -0.1) is 5.10 Å². The summed E-state index contributed by atoms with van der Waals surface area (Å²) in [6, 6.07) is 8.05. The molecule has 5 nitrogen and oxygen atoms in total. The van der Waals surface area contributed by atoms with Crippen molar-refractivity contribution in [2.45, 2.75) is 12.8 Å². The summed E-state index contributed by atoms with van der Waals surface area (Å²) in [5.74, 6) is 2.39. The second-order valence-corrected chi connectivity index (χ2v) is 6.31. The lowest BCUT2D eigenvalue weighted by Crippen LogP contribution is -2.37. The van der Waals surface area contributed by atoms with Gasteiger partial charge in [0, 0.05) is 23.1 Å². The van der Waals surface area contributed by atoms with E-state index in [9.17, 15) is 0 Å². The molecule has 0 aliphatic carbocycles. The molecule has 0 spiro atoms. The number of anilines is 1. The molecule has 2 N–H and O–H groups in total. The lowest BCUT2D eigenvalue weighted by molar-refractivity contribution is 0.391. The Labute approximate surface area is 133 Å². The number of halogens is 1. The molecule has 1 saturated heterocycles. The Balaban J connectivity index is 1.70. The van der Waals surface area contributed by atoms with E-state index >= 15 is 0 Å². The summed E-state index contributed by atoms with van der Waals surface area (Å²) in [7, 11) is 2.02. The topological polar surface area (TPSA) is 56.8 Å². The van der Waals surface area contributed by atoms with Crippen molar-refractivity contribution in [3.63, 3.8) is 0 Å². The van der Waals surface area contributed by atoms with Crippen LogP contribution in [0.25, 0.3) is 11.4 Å². The average Bonchev–Trinajstić information content (AvgIpc) is 2.98. The van der Waals surface area contributed by atoms with Crippen molar-refractivity contribution < 1.29 is 0 Å². The van der Waals surface area contributed by atoms with Crippen LogP contribution in [-0.4, -0.2) is 41.9 Å². The Morgan fingerprint density at radius 1 is 1.33 bits per heavy atom. The fraction of sp³-hybridized carbons (Fsp3) is 0.467. The van der Waals surface area contributed by atoms with Gasteiger partial charge in [-0.2, -0.15) is 4.98 Å². The first-order valence-corrected chi connectivity index (χ1v) is 8.14. The average molecular weight is 350 g/mol. The molecular formula is C15H20BrN5. The third-order valence-electron chi connectivity index (χ3n) is 3.99. The van der Waals surface area contributed by atoms with Crippen molar-refractivity contribution in [3.05, 3.63) is 28.7 Å². The van der Waals surface area contributed by atoms with Crippen LogP contribution in [0.2, 0.25) is 0 Å². The largest absolute Gasteiger partial charge is 0.340 e. The Morgan fingerprint density at radius 3 is 2.81 bits per heavy atom. The van der Waals surface area contributed by atoms with Gasteiger partial charge in [-0.05, 0) is 38.4 Å². The number of rotatable bonds is 4. The van der Waals surface area contributed by atoms with Gasteiger partial charge >= 0.3 is 0 Å². The Morgan fingerprint density at radius 2 is 2.10 bits per heavy atom. The highest BCUT2D eigenvalue weighted by Gasteiger charge is 2.21. The normalized spacial score (nSPS) is 16.4. The first-order chi connectivity index (χ1) is 10.3. The van der Waals surface area contributed by atoms with Gasteiger partial charge in [-0.25, -0.2) is 0 Å². The monoisotopic (exact) mass is 349 g/mol. The summed E-state index contributed by atoms with van der Waals surface area (Å²) in [5, 5.41) is 10.7. The van der Waals surface area contributed by atoms with Gasteiger partial charge in [0.05, 0.1) is 0 Å². The van der Waals surface area contributed by atoms with Gasteiger partial charge in [0.25, 0.3) is 0 Å². The number of H-pyrrole nitrogens is 1. The van der Waals surface area contributed by atoms with Crippen molar-refractivity contribution in [2.24, 2.45) is 5.92 Å². The Hall–Kier alpha value is -1.40. The highest BCUT2D eigenvalue weighted by Crippen LogP contribution is 2.27. The molecule has 0 bridgehead atoms. The molecule has 1 fully saturated rings. The van der Waals surface area contributed by atoms with Crippen molar-refractivity contribution in [3.8, 4) is 11.4 Å². The zero-order valence-corrected chi connectivity index (χ0v) is 13.7. The molecule has 0 unspecified atom stereocenters. The molecule has 21 heavy (non-hydrogen) atoms. The lowest BCUT2D eigenvalue weighted by atomic mass is 9.97. The standard InChI is InChI=1S/C15H20BrN5/c1-17-10-11-6-8-21(9-7-11)15-18-14(19-20-15)12-4-2-3-5-13(12)16/h2-5,11,17H,6-10H2,1H3,(H,18,19,20). The van der Waals surface area contributed by atoms with Crippen LogP contribution in [0.15, 0.2) is 28.7 Å². The first kappa shape index (κ1) is 14.5. The first-order valence-electron chi connectivity index (χ1n) is 7.35. The van der Waals surface area contributed by atoms with E-state index in [4.69, 9.17) is 0 Å². The Bertz CT molecular complexity index is 589. The van der Waals surface area contributed by atoms with E-state index in [0.717, 1.165) is 47.4 Å². The third-order valence-corrected chi connectivity index (χ3v) is 4.68. The minimum absolute atomic E-state index is 0.771. The minimum Gasteiger partial charge on any atom is -0.340 e. The van der Waals surface area contributed by atoms with E-state index in [-0.39, 0.29) is 0 Å². The van der Waals surface area contributed by atoms with Gasteiger partial charge in [-0.3, -0.25) is 5.10 Å². The molecule has 1 aliphatic rings. The summed E-state index contributed by atoms with van der Waals surface area (Å²) >= 11 is 3.56. The SMILES string of the molecule is CNCC1CCN(c2n[nH]c(-c3ccccc3Br)n2)CC1. The molecule has 112 valence electrons. The van der Waals surface area contributed by atoms with Crippen molar-refractivity contribution in [1.29, 1.82) is 0 Å². The molecule has 0 atom stereocenters. The van der Waals surface area contributed by atoms with Gasteiger partial charge in [0.2, 0.25) is 5.95 Å². The highest BCUT2D eigenvalue weighted by atomic mass is 79.9. The van der Waals surface area contributed by atoms with E-state index in [1.165, 1.54) is 12.8 Å². The van der Waals surface area contributed by atoms with Crippen LogP contribution in [0.5, 0.6) is 0 Å². The molecular weight excluding hydrogens is 330 g/mol. The van der Waals surface area contributed by atoms with Crippen molar-refractivity contribution >= 4 is 21.9 Å². The second-order valence-electron chi connectivity index (χ2n) is 5.45. The van der Waals surface area contributed by atoms with Crippen LogP contribution in [0, 0.1) is 5.92 Å². The van der Waals surface area contributed by atoms with Crippen LogP contribution in [0.3, 0.4) is 0 Å². The van der Waals surface area contributed by atoms with E-state index in [1.807, 2.05) is 31.3 Å². The summed E-state index contributed by atoms with van der Waals surface area (Å²) in [6.45, 7) is 3.16. The molecule has 1 aliphatic heterocycles. The zero-order chi connectivity index (χ0) is 14.7. The van der Waals surface area contributed by atoms with Crippen LogP contribution < -0.4 is 10.2 Å². The number of benzene rings is 1. The number of hydrogen-bond acceptors (Lipinski definition) is 4. The fourth-order valence-electron chi connectivity index (χ4n) is 2.79. The number of nitrogens with one attached hydrogen (secondary N) is 2. The number of nitrogens with zero attached hydrogens (tertiary/aromatic N) is 3. The lowest BCUT2D eigenvalue weighted by Gasteiger charge is -2.30. The van der Waals surface area contributed by atoms with E-state index in [2.05, 4.69) is 41.3 Å². The maximum atomic E-state index is 4.65. The third kappa shape index (κ3) is 3.27. The summed E-state index contributed by atoms with van der Waals surface area (Å²) < 4.78 is 1.03. The summed E-state index contributed by atoms with van der Waals surface area (Å²) in [5.41, 5.74) is 1.04. The minimum atomic E-state index is 0.771. The van der Waals surface area contributed by atoms with Crippen LogP contribution in [0.4, 0.5) is 5.95 Å². The molecule has 6 heteroatoms. The maximum Gasteiger partial charge on any atom is 0.245 e. The van der Waals surface area contributed by atoms with Gasteiger partial charge in [0.15, 0.2) is 5.82 Å². The van der Waals surface area contributed by atoms with E-state index < -0.39 is 0 Å². The summed E-state index contributed by atoms with van der Waals surface area (Å²) in [6.07, 6.45) is 2.39. The predicted octanol–water partition coefficient (Wildman–Crippen LogP) is 2.67. The van der Waals surface area contributed by atoms with Crippen LogP contribution >= 0.6 is 15.9 Å². The smallest absolute Gasteiger partial charge is 0.245 e. The van der Waals surface area contributed by atoms with Crippen molar-refractivity contribution in [2.75, 3.05) is 31.6 Å². The Kier molecular flexibility index (Phi) is 4.55. The number of aromatic nitrogens is 3. The zero-order valence-electron chi connectivity index (χ0n) is 12.1. The second kappa shape index (κ2) is 6.58. The summed E-state index contributed by atoms with van der Waals surface area (Å²) in [4.78, 5) is 6.92. The van der Waals surface area contributed by atoms with Crippen molar-refractivity contribution in [1.82, 2.24) is 20.5 Å². The fourth-order valence-corrected chi connectivity index (χ4v) is 3.27. The molecule has 2 aromatic rings. The number of piperidine rings is 1. The maximum absolute atomic E-state index is 4.65. The molecule has 0 saturated carbocycles. The highest BCUT2D eigenvalue weighted by molar-refractivity contribution is 9.10. The number of aromatic amines is 1. The van der Waals surface area contributed by atoms with Crippen LogP contribution in [0.1, 0.15) is 12.8 Å². The quantitative estimate of drug-likeness (QED) is 0.890. The van der Waals surface area contributed by atoms with Gasteiger partial charge in [-0.1, -0.05) is 34.1 Å². The molecule has 0 amide bonds. The molecule has 3 rings (SSSR count). The van der Waals surface area contributed by atoms with Crippen LogP contribution in [-0.2, 0) is 0 Å². The van der Waals surface area contributed by atoms with Gasteiger partial charge in [0.1, 0.15) is 0 Å². The van der Waals surface area contributed by atoms with E-state index in [0.29, 0.717) is 0 Å². The molecule has 1 aromatic carbocycles.